The van der Waals surface area contributed by atoms with Gasteiger partial charge in [0, 0.05) is 21.4 Å². The fourth-order valence-corrected chi connectivity index (χ4v) is 2.02. The second-order valence-corrected chi connectivity index (χ2v) is 5.40. The van der Waals surface area contributed by atoms with Gasteiger partial charge in [-0.05, 0) is 58.4 Å². The Morgan fingerprint density at radius 2 is 1.72 bits per heavy atom. The lowest BCUT2D eigenvalue weighted by Gasteiger charge is -2.08. The molecule has 2 aromatic carbocycles. The van der Waals surface area contributed by atoms with Gasteiger partial charge in [-0.25, -0.2) is 0 Å². The van der Waals surface area contributed by atoms with E-state index in [1.165, 1.54) is 0 Å². The van der Waals surface area contributed by atoms with Gasteiger partial charge in [-0.2, -0.15) is 0 Å². The van der Waals surface area contributed by atoms with Crippen molar-refractivity contribution in [2.45, 2.75) is 0 Å². The van der Waals surface area contributed by atoms with Crippen LogP contribution < -0.4 is 11.1 Å². The molecule has 0 atom stereocenters. The summed E-state index contributed by atoms with van der Waals surface area (Å²) in [5.74, 6) is 0. The van der Waals surface area contributed by atoms with E-state index in [-0.39, 0.29) is 0 Å². The van der Waals surface area contributed by atoms with Gasteiger partial charge >= 0.3 is 0 Å². The molecule has 0 radical (unpaired) electrons. The molecule has 2 aromatic rings. The summed E-state index contributed by atoms with van der Waals surface area (Å²) in [4.78, 5) is 0.397. The van der Waals surface area contributed by atoms with E-state index in [2.05, 4.69) is 21.2 Å². The molecule has 92 valence electrons. The maximum absolute atomic E-state index is 6.03. The fraction of sp³-hybridized carbons (Fsp3) is 0. The van der Waals surface area contributed by atoms with E-state index in [0.717, 1.165) is 21.4 Å². The molecule has 0 unspecified atom stereocenters. The van der Waals surface area contributed by atoms with E-state index < -0.39 is 0 Å². The quantitative estimate of drug-likeness (QED) is 0.808. The average molecular weight is 342 g/mol. The van der Waals surface area contributed by atoms with E-state index in [1.807, 2.05) is 42.5 Å². The number of thiocarbonyl (C=S) groups is 1. The largest absolute Gasteiger partial charge is 0.389 e. The molecule has 0 saturated carbocycles. The molecule has 0 bridgehead atoms. The third kappa shape index (κ3) is 3.22. The lowest BCUT2D eigenvalue weighted by atomic mass is 10.2. The third-order valence-electron chi connectivity index (χ3n) is 2.38. The highest BCUT2D eigenvalue weighted by Gasteiger charge is 2.00. The van der Waals surface area contributed by atoms with Gasteiger partial charge in [0.05, 0.1) is 5.02 Å². The molecule has 2 rings (SSSR count). The Kier molecular flexibility index (Phi) is 4.22. The van der Waals surface area contributed by atoms with E-state index in [1.54, 1.807) is 0 Å². The highest BCUT2D eigenvalue weighted by Crippen LogP contribution is 2.27. The first-order chi connectivity index (χ1) is 8.56. The van der Waals surface area contributed by atoms with E-state index in [4.69, 9.17) is 29.6 Å². The summed E-state index contributed by atoms with van der Waals surface area (Å²) in [7, 11) is 0. The molecule has 0 aromatic heterocycles. The van der Waals surface area contributed by atoms with Crippen molar-refractivity contribution in [2.24, 2.45) is 5.73 Å². The number of nitrogens with two attached hydrogens (primary N) is 1. The average Bonchev–Trinajstić information content (AvgIpc) is 2.34. The third-order valence-corrected chi connectivity index (χ3v) is 3.85. The second kappa shape index (κ2) is 5.69. The van der Waals surface area contributed by atoms with Gasteiger partial charge < -0.3 is 11.1 Å². The molecule has 0 saturated heterocycles. The molecule has 0 amide bonds. The summed E-state index contributed by atoms with van der Waals surface area (Å²) in [6.07, 6.45) is 0. The fourth-order valence-electron chi connectivity index (χ4n) is 1.46. The molecule has 0 fully saturated rings. The lowest BCUT2D eigenvalue weighted by molar-refractivity contribution is 1.52. The predicted molar refractivity (Wildman–Crippen MR) is 84.8 cm³/mol. The molecule has 0 aliphatic rings. The zero-order valence-corrected chi connectivity index (χ0v) is 12.4. The highest BCUT2D eigenvalue weighted by atomic mass is 79.9. The SMILES string of the molecule is NC(=S)c1ccc(Nc2ccc(Br)c(Cl)c2)cc1. The van der Waals surface area contributed by atoms with Crippen molar-refractivity contribution in [1.29, 1.82) is 0 Å². The molecule has 0 heterocycles. The molecular formula is C13H10BrClN2S. The zero-order valence-electron chi connectivity index (χ0n) is 9.28. The van der Waals surface area contributed by atoms with Crippen molar-refractivity contribution < 1.29 is 0 Å². The molecule has 0 aliphatic carbocycles. The first-order valence-corrected chi connectivity index (χ1v) is 6.76. The van der Waals surface area contributed by atoms with E-state index in [0.29, 0.717) is 10.0 Å². The lowest BCUT2D eigenvalue weighted by Crippen LogP contribution is -2.08. The molecule has 3 N–H and O–H groups in total. The number of nitrogens with one attached hydrogen (secondary N) is 1. The Balaban J connectivity index is 2.18. The summed E-state index contributed by atoms with van der Waals surface area (Å²) in [5.41, 5.74) is 8.27. The summed E-state index contributed by atoms with van der Waals surface area (Å²) in [5, 5.41) is 3.92. The predicted octanol–water partition coefficient (Wildman–Crippen LogP) is 4.48. The standard InChI is InChI=1S/C13H10BrClN2S/c14-11-6-5-10(7-12(11)15)17-9-3-1-8(2-4-9)13(16)18/h1-7,17H,(H2,16,18). The Bertz CT molecular complexity index is 584. The number of rotatable bonds is 3. The normalized spacial score (nSPS) is 10.1. The van der Waals surface area contributed by atoms with Gasteiger partial charge in [0.15, 0.2) is 0 Å². The van der Waals surface area contributed by atoms with Crippen LogP contribution in [0.25, 0.3) is 0 Å². The number of hydrogen-bond donors (Lipinski definition) is 2. The number of anilines is 2. The van der Waals surface area contributed by atoms with E-state index >= 15 is 0 Å². The van der Waals surface area contributed by atoms with Crippen LogP contribution in [0.2, 0.25) is 5.02 Å². The monoisotopic (exact) mass is 340 g/mol. The van der Waals surface area contributed by atoms with E-state index in [9.17, 15) is 0 Å². The van der Waals surface area contributed by atoms with Crippen molar-refractivity contribution in [3.05, 3.63) is 57.5 Å². The number of benzene rings is 2. The Hall–Kier alpha value is -1.10. The van der Waals surface area contributed by atoms with Crippen molar-refractivity contribution in [3.63, 3.8) is 0 Å². The minimum absolute atomic E-state index is 0.397. The van der Waals surface area contributed by atoms with Gasteiger partial charge in [-0.3, -0.25) is 0 Å². The van der Waals surface area contributed by atoms with Crippen molar-refractivity contribution in [3.8, 4) is 0 Å². The Morgan fingerprint density at radius 1 is 1.11 bits per heavy atom. The van der Waals surface area contributed by atoms with Crippen LogP contribution in [-0.4, -0.2) is 4.99 Å². The molecule has 2 nitrogen and oxygen atoms in total. The van der Waals surface area contributed by atoms with Gasteiger partial charge in [0.25, 0.3) is 0 Å². The number of halogens is 2. The van der Waals surface area contributed by atoms with Gasteiger partial charge in [-0.15, -0.1) is 0 Å². The minimum Gasteiger partial charge on any atom is -0.389 e. The minimum atomic E-state index is 0.397. The summed E-state index contributed by atoms with van der Waals surface area (Å²) < 4.78 is 0.874. The van der Waals surface area contributed by atoms with Crippen LogP contribution in [0.3, 0.4) is 0 Å². The molecule has 0 spiro atoms. The Morgan fingerprint density at radius 3 is 2.28 bits per heavy atom. The summed E-state index contributed by atoms with van der Waals surface area (Å²) in [6.45, 7) is 0. The maximum Gasteiger partial charge on any atom is 0.103 e. The van der Waals surface area contributed by atoms with Crippen LogP contribution >= 0.6 is 39.7 Å². The Labute approximate surface area is 124 Å². The van der Waals surface area contributed by atoms with Crippen molar-refractivity contribution in [2.75, 3.05) is 5.32 Å². The molecule has 18 heavy (non-hydrogen) atoms. The van der Waals surface area contributed by atoms with Crippen LogP contribution in [0.15, 0.2) is 46.9 Å². The molecular weight excluding hydrogens is 332 g/mol. The zero-order chi connectivity index (χ0) is 13.1. The van der Waals surface area contributed by atoms with Gasteiger partial charge in [0.1, 0.15) is 4.99 Å². The second-order valence-electron chi connectivity index (χ2n) is 3.70. The van der Waals surface area contributed by atoms with Crippen LogP contribution in [0, 0.1) is 0 Å². The first kappa shape index (κ1) is 13.3. The van der Waals surface area contributed by atoms with Gasteiger partial charge in [0.2, 0.25) is 0 Å². The van der Waals surface area contributed by atoms with Crippen LogP contribution in [0.1, 0.15) is 5.56 Å². The van der Waals surface area contributed by atoms with Crippen LogP contribution in [0.4, 0.5) is 11.4 Å². The summed E-state index contributed by atoms with van der Waals surface area (Å²) in [6, 6.07) is 13.3. The van der Waals surface area contributed by atoms with Crippen LogP contribution in [0.5, 0.6) is 0 Å². The summed E-state index contributed by atoms with van der Waals surface area (Å²) >= 11 is 14.3. The first-order valence-electron chi connectivity index (χ1n) is 5.18. The highest BCUT2D eigenvalue weighted by molar-refractivity contribution is 9.10. The maximum atomic E-state index is 6.03. The smallest absolute Gasteiger partial charge is 0.103 e. The molecule has 5 heteroatoms. The van der Waals surface area contributed by atoms with Gasteiger partial charge in [-0.1, -0.05) is 23.8 Å². The van der Waals surface area contributed by atoms with Crippen molar-refractivity contribution >= 4 is 56.1 Å². The van der Waals surface area contributed by atoms with Crippen molar-refractivity contribution in [1.82, 2.24) is 0 Å². The van der Waals surface area contributed by atoms with Crippen LogP contribution in [-0.2, 0) is 0 Å². The molecule has 0 aliphatic heterocycles. The topological polar surface area (TPSA) is 38.0 Å². The number of hydrogen-bond acceptors (Lipinski definition) is 2.